The van der Waals surface area contributed by atoms with Gasteiger partial charge in [0.05, 0.1) is 0 Å². The Morgan fingerprint density at radius 3 is 2.40 bits per heavy atom. The normalized spacial score (nSPS) is 9.20. The van der Waals surface area contributed by atoms with Crippen LogP contribution in [-0.4, -0.2) is 15.9 Å². The molecule has 4 nitrogen and oxygen atoms in total. The molecule has 0 bridgehead atoms. The van der Waals surface area contributed by atoms with Crippen molar-refractivity contribution >= 4 is 11.7 Å². The first-order valence-electron chi connectivity index (χ1n) is 5.19. The van der Waals surface area contributed by atoms with Crippen LogP contribution in [-0.2, 0) is 4.79 Å². The molecule has 1 amide bonds. The van der Waals surface area contributed by atoms with E-state index in [9.17, 15) is 4.79 Å². The van der Waals surface area contributed by atoms with Crippen molar-refractivity contribution in [3.63, 3.8) is 0 Å². The SMILES string of the molecule is CC.Cc1cc(NC(=O)C(C)C)ncn1. The number of carbonyl (C=O) groups excluding carboxylic acids is 1. The lowest BCUT2D eigenvalue weighted by atomic mass is 10.2. The second-order valence-corrected chi connectivity index (χ2v) is 3.19. The zero-order chi connectivity index (χ0) is 11.8. The average Bonchev–Trinajstić information content (AvgIpc) is 2.20. The first-order chi connectivity index (χ1) is 7.09. The van der Waals surface area contributed by atoms with Gasteiger partial charge in [-0.3, -0.25) is 4.79 Å². The van der Waals surface area contributed by atoms with E-state index in [1.807, 2.05) is 34.6 Å². The Labute approximate surface area is 91.1 Å². The molecule has 0 spiro atoms. The fourth-order valence-corrected chi connectivity index (χ4v) is 0.793. The van der Waals surface area contributed by atoms with Crippen molar-refractivity contribution < 1.29 is 4.79 Å². The number of nitrogens with one attached hydrogen (secondary N) is 1. The molecule has 0 aliphatic carbocycles. The standard InChI is InChI=1S/C9H13N3O.C2H6/c1-6(2)9(13)12-8-4-7(3)10-5-11-8;1-2/h4-6H,1-3H3,(H,10,11,12,13);1-2H3. The Kier molecular flexibility index (Phi) is 6.25. The molecule has 0 aromatic carbocycles. The van der Waals surface area contributed by atoms with Gasteiger partial charge in [0.15, 0.2) is 0 Å². The predicted molar refractivity (Wildman–Crippen MR) is 61.6 cm³/mol. The molecule has 0 saturated carbocycles. The molecule has 1 heterocycles. The van der Waals surface area contributed by atoms with Crippen LogP contribution in [0.5, 0.6) is 0 Å². The van der Waals surface area contributed by atoms with E-state index in [2.05, 4.69) is 15.3 Å². The third-order valence-corrected chi connectivity index (χ3v) is 1.58. The molecule has 84 valence electrons. The second-order valence-electron chi connectivity index (χ2n) is 3.19. The summed E-state index contributed by atoms with van der Waals surface area (Å²) >= 11 is 0. The maximum atomic E-state index is 11.3. The van der Waals surface area contributed by atoms with Gasteiger partial charge in [-0.15, -0.1) is 0 Å². The Morgan fingerprint density at radius 1 is 1.33 bits per heavy atom. The summed E-state index contributed by atoms with van der Waals surface area (Å²) in [6, 6.07) is 1.74. The highest BCUT2D eigenvalue weighted by atomic mass is 16.1. The summed E-state index contributed by atoms with van der Waals surface area (Å²) in [6.45, 7) is 9.53. The van der Waals surface area contributed by atoms with Crippen molar-refractivity contribution in [3.8, 4) is 0 Å². The number of hydrogen-bond acceptors (Lipinski definition) is 3. The highest BCUT2D eigenvalue weighted by molar-refractivity contribution is 5.91. The molecule has 0 unspecified atom stereocenters. The Hall–Kier alpha value is -1.45. The molecule has 1 aromatic rings. The maximum absolute atomic E-state index is 11.3. The van der Waals surface area contributed by atoms with Crippen molar-refractivity contribution in [2.24, 2.45) is 5.92 Å². The van der Waals surface area contributed by atoms with E-state index >= 15 is 0 Å². The van der Waals surface area contributed by atoms with Crippen molar-refractivity contribution in [2.45, 2.75) is 34.6 Å². The molecular weight excluding hydrogens is 190 g/mol. The highest BCUT2D eigenvalue weighted by Crippen LogP contribution is 2.04. The number of nitrogens with zero attached hydrogens (tertiary/aromatic N) is 2. The van der Waals surface area contributed by atoms with E-state index in [1.165, 1.54) is 6.33 Å². The van der Waals surface area contributed by atoms with Crippen LogP contribution in [0.3, 0.4) is 0 Å². The molecule has 0 aliphatic rings. The lowest BCUT2D eigenvalue weighted by Crippen LogP contribution is -2.18. The van der Waals surface area contributed by atoms with E-state index in [0.717, 1.165) is 5.69 Å². The van der Waals surface area contributed by atoms with Gasteiger partial charge in [-0.05, 0) is 6.92 Å². The molecule has 0 saturated heterocycles. The third-order valence-electron chi connectivity index (χ3n) is 1.58. The minimum Gasteiger partial charge on any atom is -0.310 e. The number of aryl methyl sites for hydroxylation is 1. The number of anilines is 1. The first-order valence-corrected chi connectivity index (χ1v) is 5.19. The lowest BCUT2D eigenvalue weighted by molar-refractivity contribution is -0.118. The Balaban J connectivity index is 0.000000921. The van der Waals surface area contributed by atoms with Gasteiger partial charge in [0.1, 0.15) is 12.1 Å². The molecule has 1 aromatic heterocycles. The monoisotopic (exact) mass is 209 g/mol. The number of aromatic nitrogens is 2. The van der Waals surface area contributed by atoms with Gasteiger partial charge in [-0.1, -0.05) is 27.7 Å². The van der Waals surface area contributed by atoms with Crippen LogP contribution in [0, 0.1) is 12.8 Å². The van der Waals surface area contributed by atoms with Crippen molar-refractivity contribution in [3.05, 3.63) is 18.1 Å². The molecule has 1 rings (SSSR count). The molecule has 0 fully saturated rings. The van der Waals surface area contributed by atoms with Crippen LogP contribution in [0.15, 0.2) is 12.4 Å². The maximum Gasteiger partial charge on any atom is 0.228 e. The summed E-state index contributed by atoms with van der Waals surface area (Å²) in [4.78, 5) is 19.1. The summed E-state index contributed by atoms with van der Waals surface area (Å²) in [6.07, 6.45) is 1.44. The summed E-state index contributed by atoms with van der Waals surface area (Å²) in [5, 5.41) is 2.69. The molecule has 15 heavy (non-hydrogen) atoms. The van der Waals surface area contributed by atoms with Crippen LogP contribution in [0.2, 0.25) is 0 Å². The van der Waals surface area contributed by atoms with Gasteiger partial charge in [-0.25, -0.2) is 9.97 Å². The van der Waals surface area contributed by atoms with E-state index < -0.39 is 0 Å². The largest absolute Gasteiger partial charge is 0.310 e. The number of carbonyl (C=O) groups is 1. The molecule has 0 radical (unpaired) electrons. The quantitative estimate of drug-likeness (QED) is 0.813. The topological polar surface area (TPSA) is 54.9 Å². The van der Waals surface area contributed by atoms with Gasteiger partial charge in [0.2, 0.25) is 5.91 Å². The molecule has 4 heteroatoms. The predicted octanol–water partition coefficient (Wildman–Crippen LogP) is 2.41. The molecular formula is C11H19N3O. The summed E-state index contributed by atoms with van der Waals surface area (Å²) < 4.78 is 0. The van der Waals surface area contributed by atoms with Gasteiger partial charge in [-0.2, -0.15) is 0 Å². The molecule has 0 aliphatic heterocycles. The van der Waals surface area contributed by atoms with Crippen LogP contribution in [0.4, 0.5) is 5.82 Å². The average molecular weight is 209 g/mol. The summed E-state index contributed by atoms with van der Waals surface area (Å²) in [7, 11) is 0. The molecule has 0 atom stereocenters. The zero-order valence-electron chi connectivity index (χ0n) is 10.0. The van der Waals surface area contributed by atoms with E-state index in [0.29, 0.717) is 5.82 Å². The van der Waals surface area contributed by atoms with Crippen molar-refractivity contribution in [2.75, 3.05) is 5.32 Å². The number of rotatable bonds is 2. The van der Waals surface area contributed by atoms with Gasteiger partial charge >= 0.3 is 0 Å². The Morgan fingerprint density at radius 2 is 1.93 bits per heavy atom. The smallest absolute Gasteiger partial charge is 0.228 e. The van der Waals surface area contributed by atoms with Gasteiger partial charge < -0.3 is 5.32 Å². The van der Waals surface area contributed by atoms with E-state index in [-0.39, 0.29) is 11.8 Å². The zero-order valence-corrected chi connectivity index (χ0v) is 10.0. The van der Waals surface area contributed by atoms with Crippen molar-refractivity contribution in [1.82, 2.24) is 9.97 Å². The van der Waals surface area contributed by atoms with E-state index in [1.54, 1.807) is 6.07 Å². The fourth-order valence-electron chi connectivity index (χ4n) is 0.793. The molecule has 1 N–H and O–H groups in total. The van der Waals surface area contributed by atoms with Gasteiger partial charge in [0, 0.05) is 17.7 Å². The minimum atomic E-state index is -0.0322. The van der Waals surface area contributed by atoms with Gasteiger partial charge in [0.25, 0.3) is 0 Å². The number of amides is 1. The van der Waals surface area contributed by atoms with Crippen LogP contribution in [0.1, 0.15) is 33.4 Å². The van der Waals surface area contributed by atoms with Crippen LogP contribution < -0.4 is 5.32 Å². The highest BCUT2D eigenvalue weighted by Gasteiger charge is 2.07. The fraction of sp³-hybridized carbons (Fsp3) is 0.545. The Bertz CT molecular complexity index is 310. The van der Waals surface area contributed by atoms with Crippen LogP contribution >= 0.6 is 0 Å². The van der Waals surface area contributed by atoms with Crippen LogP contribution in [0.25, 0.3) is 0 Å². The third kappa shape index (κ3) is 5.10. The summed E-state index contributed by atoms with van der Waals surface area (Å²) in [5.41, 5.74) is 0.842. The number of hydrogen-bond donors (Lipinski definition) is 1. The minimum absolute atomic E-state index is 0.0295. The summed E-state index contributed by atoms with van der Waals surface area (Å²) in [5.74, 6) is 0.500. The first kappa shape index (κ1) is 13.5. The lowest BCUT2D eigenvalue weighted by Gasteiger charge is -2.06. The van der Waals surface area contributed by atoms with E-state index in [4.69, 9.17) is 0 Å². The second kappa shape index (κ2) is 6.92. The van der Waals surface area contributed by atoms with Crippen molar-refractivity contribution in [1.29, 1.82) is 0 Å².